The molecule has 0 bridgehead atoms. The predicted molar refractivity (Wildman–Crippen MR) is 134 cm³/mol. The molecule has 0 fully saturated rings. The summed E-state index contributed by atoms with van der Waals surface area (Å²) in [6, 6.07) is 17.7. The summed E-state index contributed by atoms with van der Waals surface area (Å²) in [5, 5.41) is 16.2. The zero-order chi connectivity index (χ0) is 22.1. The van der Waals surface area contributed by atoms with E-state index in [2.05, 4.69) is 55.2 Å². The van der Waals surface area contributed by atoms with Gasteiger partial charge in [-0.1, -0.05) is 48.2 Å². The number of nitrogens with zero attached hydrogens (tertiary/aromatic N) is 4. The lowest BCUT2D eigenvalue weighted by Gasteiger charge is -2.12. The maximum Gasteiger partial charge on any atom is 0.253 e. The minimum atomic E-state index is -0.391. The van der Waals surface area contributed by atoms with Gasteiger partial charge in [0.05, 0.1) is 18.0 Å². The molecular formula is C22H23IN6OS. The normalized spacial score (nSPS) is 11.9. The van der Waals surface area contributed by atoms with E-state index in [1.807, 2.05) is 66.1 Å². The Bertz CT molecular complexity index is 1040. The van der Waals surface area contributed by atoms with Crippen LogP contribution in [0.3, 0.4) is 0 Å². The highest BCUT2D eigenvalue weighted by Gasteiger charge is 2.19. The number of carbonyl (C=O) groups is 1. The second-order valence-electron chi connectivity index (χ2n) is 6.56. The molecule has 1 aromatic heterocycles. The van der Waals surface area contributed by atoms with Crippen molar-refractivity contribution in [3.05, 3.63) is 82.2 Å². The first-order valence-corrected chi connectivity index (χ1v) is 11.6. The summed E-state index contributed by atoms with van der Waals surface area (Å²) in [7, 11) is 0. The Hall–Kier alpha value is -2.66. The molecule has 0 unspecified atom stereocenters. The largest absolute Gasteiger partial charge is 0.378 e. The molecule has 3 aromatic rings. The standard InChI is InChI=1S/C22H23IN6OS/c1-3-13-29-20(15-24-19-11-9-18(23)10-12-19)26-28-22(29)31-16(2)21(30)27-25-14-17-7-5-4-6-8-17/h3-12,14,16,24H,1,13,15H2,2H3,(H,27,30)/t16-/m1/s1. The zero-order valence-corrected chi connectivity index (χ0v) is 20.0. The molecule has 9 heteroatoms. The van der Waals surface area contributed by atoms with Gasteiger partial charge < -0.3 is 9.88 Å². The van der Waals surface area contributed by atoms with Crippen LogP contribution in [0.1, 0.15) is 18.3 Å². The van der Waals surface area contributed by atoms with Gasteiger partial charge in [-0.15, -0.1) is 16.8 Å². The molecule has 0 aliphatic heterocycles. The number of hydrogen-bond acceptors (Lipinski definition) is 6. The summed E-state index contributed by atoms with van der Waals surface area (Å²) in [4.78, 5) is 12.4. The highest BCUT2D eigenvalue weighted by molar-refractivity contribution is 14.1. The molecule has 7 nitrogen and oxygen atoms in total. The van der Waals surface area contributed by atoms with Crippen LogP contribution in [-0.4, -0.2) is 32.1 Å². The van der Waals surface area contributed by atoms with Crippen molar-refractivity contribution in [1.29, 1.82) is 0 Å². The molecule has 0 saturated carbocycles. The molecule has 0 aliphatic carbocycles. The van der Waals surface area contributed by atoms with Crippen molar-refractivity contribution in [3.63, 3.8) is 0 Å². The number of halogens is 1. The van der Waals surface area contributed by atoms with Gasteiger partial charge in [0.2, 0.25) is 0 Å². The van der Waals surface area contributed by atoms with Gasteiger partial charge in [-0.2, -0.15) is 5.10 Å². The van der Waals surface area contributed by atoms with E-state index in [0.717, 1.165) is 17.1 Å². The average molecular weight is 546 g/mol. The van der Waals surface area contributed by atoms with Crippen LogP contribution < -0.4 is 10.7 Å². The number of hydrazone groups is 1. The quantitative estimate of drug-likeness (QED) is 0.130. The lowest BCUT2D eigenvalue weighted by atomic mass is 10.2. The monoisotopic (exact) mass is 546 g/mol. The van der Waals surface area contributed by atoms with Gasteiger partial charge in [-0.05, 0) is 59.3 Å². The van der Waals surface area contributed by atoms with E-state index in [9.17, 15) is 4.79 Å². The summed E-state index contributed by atoms with van der Waals surface area (Å²) in [6.45, 7) is 6.71. The maximum absolute atomic E-state index is 12.4. The van der Waals surface area contributed by atoms with Crippen LogP contribution in [0.25, 0.3) is 0 Å². The molecule has 1 heterocycles. The van der Waals surface area contributed by atoms with Gasteiger partial charge in [0.15, 0.2) is 11.0 Å². The molecule has 160 valence electrons. The Morgan fingerprint density at radius 1 is 1.23 bits per heavy atom. The number of hydrogen-bond donors (Lipinski definition) is 2. The van der Waals surface area contributed by atoms with E-state index in [4.69, 9.17) is 0 Å². The molecule has 2 N–H and O–H groups in total. The second kappa shape index (κ2) is 11.7. The second-order valence-corrected chi connectivity index (χ2v) is 9.12. The topological polar surface area (TPSA) is 84.2 Å². The fourth-order valence-corrected chi connectivity index (χ4v) is 3.84. The summed E-state index contributed by atoms with van der Waals surface area (Å²) in [5.41, 5.74) is 4.50. The van der Waals surface area contributed by atoms with Crippen molar-refractivity contribution in [1.82, 2.24) is 20.2 Å². The van der Waals surface area contributed by atoms with Gasteiger partial charge >= 0.3 is 0 Å². The molecule has 0 radical (unpaired) electrons. The number of rotatable bonds is 10. The van der Waals surface area contributed by atoms with E-state index >= 15 is 0 Å². The predicted octanol–water partition coefficient (Wildman–Crippen LogP) is 4.31. The number of nitrogens with one attached hydrogen (secondary N) is 2. The van der Waals surface area contributed by atoms with Crippen LogP contribution in [0.4, 0.5) is 5.69 Å². The number of carbonyl (C=O) groups excluding carboxylic acids is 1. The molecule has 1 atom stereocenters. The molecular weight excluding hydrogens is 523 g/mol. The summed E-state index contributed by atoms with van der Waals surface area (Å²) < 4.78 is 3.13. The Labute approximate surface area is 199 Å². The highest BCUT2D eigenvalue weighted by atomic mass is 127. The highest BCUT2D eigenvalue weighted by Crippen LogP contribution is 2.23. The van der Waals surface area contributed by atoms with Crippen LogP contribution in [0.2, 0.25) is 0 Å². The lowest BCUT2D eigenvalue weighted by molar-refractivity contribution is -0.120. The molecule has 1 amide bonds. The van der Waals surface area contributed by atoms with E-state index < -0.39 is 5.25 Å². The molecule has 0 spiro atoms. The average Bonchev–Trinajstić information content (AvgIpc) is 3.15. The van der Waals surface area contributed by atoms with Gasteiger partial charge in [0.25, 0.3) is 5.91 Å². The van der Waals surface area contributed by atoms with Crippen molar-refractivity contribution >= 4 is 52.2 Å². The Morgan fingerprint density at radius 3 is 2.68 bits per heavy atom. The molecule has 2 aromatic carbocycles. The summed E-state index contributed by atoms with van der Waals surface area (Å²) >= 11 is 3.61. The minimum absolute atomic E-state index is 0.205. The number of amides is 1. The third kappa shape index (κ3) is 6.93. The van der Waals surface area contributed by atoms with Crippen LogP contribution >= 0.6 is 34.4 Å². The first-order chi connectivity index (χ1) is 15.1. The fourth-order valence-electron chi connectivity index (χ4n) is 2.61. The number of aromatic nitrogens is 3. The molecule has 0 saturated heterocycles. The number of thioether (sulfide) groups is 1. The van der Waals surface area contributed by atoms with Crippen LogP contribution in [-0.2, 0) is 17.9 Å². The first-order valence-electron chi connectivity index (χ1n) is 9.64. The van der Waals surface area contributed by atoms with Crippen LogP contribution in [0.15, 0.2) is 77.5 Å². The van der Waals surface area contributed by atoms with Crippen molar-refractivity contribution < 1.29 is 4.79 Å². The van der Waals surface area contributed by atoms with Crippen LogP contribution in [0.5, 0.6) is 0 Å². The van der Waals surface area contributed by atoms with Crippen molar-refractivity contribution in [2.75, 3.05) is 5.32 Å². The maximum atomic E-state index is 12.4. The Morgan fingerprint density at radius 2 is 1.97 bits per heavy atom. The Kier molecular flexibility index (Phi) is 8.65. The lowest BCUT2D eigenvalue weighted by Crippen LogP contribution is -2.27. The van der Waals surface area contributed by atoms with E-state index in [1.54, 1.807) is 12.3 Å². The van der Waals surface area contributed by atoms with Gasteiger partial charge in [-0.3, -0.25) is 4.79 Å². The third-order valence-electron chi connectivity index (χ3n) is 4.24. The zero-order valence-electron chi connectivity index (χ0n) is 17.0. The first kappa shape index (κ1) is 23.0. The van der Waals surface area contributed by atoms with Gasteiger partial charge in [0.1, 0.15) is 0 Å². The molecule has 3 rings (SSSR count). The summed E-state index contributed by atoms with van der Waals surface area (Å²) in [5.74, 6) is 0.569. The van der Waals surface area contributed by atoms with Crippen molar-refractivity contribution in [2.24, 2.45) is 5.10 Å². The van der Waals surface area contributed by atoms with E-state index in [-0.39, 0.29) is 5.91 Å². The SMILES string of the molecule is C=CCn1c(CNc2ccc(I)cc2)nnc1S[C@H](C)C(=O)NN=Cc1ccccc1. The van der Waals surface area contributed by atoms with E-state index in [1.165, 1.54) is 15.3 Å². The van der Waals surface area contributed by atoms with E-state index in [0.29, 0.717) is 18.2 Å². The Balaban J connectivity index is 1.60. The number of anilines is 1. The summed E-state index contributed by atoms with van der Waals surface area (Å²) in [6.07, 6.45) is 3.40. The van der Waals surface area contributed by atoms with Crippen molar-refractivity contribution in [3.8, 4) is 0 Å². The third-order valence-corrected chi connectivity index (χ3v) is 6.04. The minimum Gasteiger partial charge on any atom is -0.378 e. The molecule has 0 aliphatic rings. The number of benzene rings is 2. The number of allylic oxidation sites excluding steroid dienone is 1. The fraction of sp³-hybridized carbons (Fsp3) is 0.182. The van der Waals surface area contributed by atoms with Crippen molar-refractivity contribution in [2.45, 2.75) is 30.4 Å². The van der Waals surface area contributed by atoms with Gasteiger partial charge in [0, 0.05) is 15.8 Å². The van der Waals surface area contributed by atoms with Gasteiger partial charge in [-0.25, -0.2) is 5.43 Å². The molecule has 31 heavy (non-hydrogen) atoms. The van der Waals surface area contributed by atoms with Crippen LogP contribution in [0, 0.1) is 3.57 Å². The smallest absolute Gasteiger partial charge is 0.253 e.